The number of ketones is 1. The van der Waals surface area contributed by atoms with Gasteiger partial charge in [0, 0.05) is 11.5 Å². The van der Waals surface area contributed by atoms with E-state index in [0.717, 1.165) is 25.7 Å². The average molecular weight is 299 g/mol. The van der Waals surface area contributed by atoms with E-state index in [2.05, 4.69) is 15.9 Å². The normalized spacial score (nSPS) is 17.8. The van der Waals surface area contributed by atoms with Gasteiger partial charge in [0.1, 0.15) is 5.82 Å². The van der Waals surface area contributed by atoms with Gasteiger partial charge in [-0.25, -0.2) is 4.39 Å². The van der Waals surface area contributed by atoms with Crippen LogP contribution in [0.1, 0.15) is 48.9 Å². The third kappa shape index (κ3) is 3.15. The molecular formula is C14H16BrFO. The van der Waals surface area contributed by atoms with Gasteiger partial charge in [-0.2, -0.15) is 0 Å². The van der Waals surface area contributed by atoms with Gasteiger partial charge in [-0.05, 0) is 40.9 Å². The molecule has 0 aliphatic heterocycles. The second kappa shape index (κ2) is 5.76. The minimum absolute atomic E-state index is 0.0954. The Morgan fingerprint density at radius 2 is 1.82 bits per heavy atom. The molecule has 0 heterocycles. The first-order valence-electron chi connectivity index (χ1n) is 6.18. The predicted octanol–water partition coefficient (Wildman–Crippen LogP) is 4.74. The lowest BCUT2D eigenvalue weighted by molar-refractivity contribution is 0.0907. The molecule has 1 saturated carbocycles. The lowest BCUT2D eigenvalue weighted by Gasteiger charge is -2.12. The van der Waals surface area contributed by atoms with Crippen molar-refractivity contribution in [2.24, 2.45) is 5.92 Å². The summed E-state index contributed by atoms with van der Waals surface area (Å²) in [4.78, 5) is 12.2. The zero-order chi connectivity index (χ0) is 12.3. The minimum Gasteiger partial charge on any atom is -0.294 e. The summed E-state index contributed by atoms with van der Waals surface area (Å²) in [6.45, 7) is 0. The topological polar surface area (TPSA) is 17.1 Å². The van der Waals surface area contributed by atoms with Crippen LogP contribution in [0.4, 0.5) is 4.39 Å². The number of carbonyl (C=O) groups excluding carboxylic acids is 1. The molecule has 0 saturated heterocycles. The maximum Gasteiger partial charge on any atom is 0.166 e. The maximum absolute atomic E-state index is 13.4. The van der Waals surface area contributed by atoms with Crippen molar-refractivity contribution >= 4 is 21.7 Å². The van der Waals surface area contributed by atoms with E-state index in [0.29, 0.717) is 10.0 Å². The second-order valence-electron chi connectivity index (χ2n) is 4.68. The van der Waals surface area contributed by atoms with Crippen LogP contribution in [0, 0.1) is 11.7 Å². The molecule has 1 fully saturated rings. The van der Waals surface area contributed by atoms with Crippen molar-refractivity contribution < 1.29 is 9.18 Å². The van der Waals surface area contributed by atoms with E-state index < -0.39 is 0 Å². The summed E-state index contributed by atoms with van der Waals surface area (Å²) < 4.78 is 13.8. The fourth-order valence-corrected chi connectivity index (χ4v) is 2.67. The van der Waals surface area contributed by atoms with Gasteiger partial charge in [-0.1, -0.05) is 31.7 Å². The smallest absolute Gasteiger partial charge is 0.166 e. The molecule has 1 aromatic rings. The lowest BCUT2D eigenvalue weighted by atomic mass is 9.91. The van der Waals surface area contributed by atoms with Crippen LogP contribution in [-0.2, 0) is 0 Å². The molecule has 0 atom stereocenters. The molecule has 0 unspecified atom stereocenters. The number of benzene rings is 1. The molecule has 0 amide bonds. The molecule has 0 bridgehead atoms. The van der Waals surface area contributed by atoms with Gasteiger partial charge in [-0.3, -0.25) is 4.79 Å². The first kappa shape index (κ1) is 12.7. The molecule has 1 aromatic carbocycles. The highest BCUT2D eigenvalue weighted by molar-refractivity contribution is 9.10. The Morgan fingerprint density at radius 1 is 1.18 bits per heavy atom. The van der Waals surface area contributed by atoms with Crippen molar-refractivity contribution in [3.05, 3.63) is 34.1 Å². The molecule has 1 nitrogen and oxygen atoms in total. The molecule has 92 valence electrons. The molecule has 1 aliphatic rings. The van der Waals surface area contributed by atoms with Gasteiger partial charge in [0.25, 0.3) is 0 Å². The quantitative estimate of drug-likeness (QED) is 0.569. The van der Waals surface area contributed by atoms with Crippen molar-refractivity contribution in [3.8, 4) is 0 Å². The number of hydrogen-bond donors (Lipinski definition) is 0. The highest BCUT2D eigenvalue weighted by Gasteiger charge is 2.21. The van der Waals surface area contributed by atoms with Crippen LogP contribution in [0.25, 0.3) is 0 Å². The van der Waals surface area contributed by atoms with Crippen molar-refractivity contribution in [1.82, 2.24) is 0 Å². The first-order valence-corrected chi connectivity index (χ1v) is 6.97. The van der Waals surface area contributed by atoms with Crippen LogP contribution in [0.5, 0.6) is 0 Å². The summed E-state index contributed by atoms with van der Waals surface area (Å²) >= 11 is 3.10. The molecule has 0 radical (unpaired) electrons. The Morgan fingerprint density at radius 3 is 2.41 bits per heavy atom. The van der Waals surface area contributed by atoms with Crippen LogP contribution in [0.15, 0.2) is 22.7 Å². The van der Waals surface area contributed by atoms with Gasteiger partial charge in [0.15, 0.2) is 5.78 Å². The van der Waals surface area contributed by atoms with Crippen molar-refractivity contribution in [3.63, 3.8) is 0 Å². The second-order valence-corrected chi connectivity index (χ2v) is 5.54. The van der Waals surface area contributed by atoms with Crippen LogP contribution < -0.4 is 0 Å². The van der Waals surface area contributed by atoms with Crippen molar-refractivity contribution in [1.29, 1.82) is 0 Å². The van der Waals surface area contributed by atoms with Gasteiger partial charge in [0.2, 0.25) is 0 Å². The Balaban J connectivity index is 2.14. The zero-order valence-corrected chi connectivity index (χ0v) is 11.3. The summed E-state index contributed by atoms with van der Waals surface area (Å²) in [6.07, 6.45) is 6.59. The van der Waals surface area contributed by atoms with Gasteiger partial charge >= 0.3 is 0 Å². The average Bonchev–Trinajstić information content (AvgIpc) is 2.60. The summed E-state index contributed by atoms with van der Waals surface area (Å²) in [5.41, 5.74) is 0.512. The summed E-state index contributed by atoms with van der Waals surface area (Å²) in [6, 6.07) is 4.66. The van der Waals surface area contributed by atoms with Gasteiger partial charge < -0.3 is 0 Å². The highest BCUT2D eigenvalue weighted by atomic mass is 79.9. The number of Topliss-reactive ketones (excluding diaryl/α,β-unsaturated/α-hetero) is 1. The van der Waals surface area contributed by atoms with Gasteiger partial charge in [-0.15, -0.1) is 0 Å². The molecular weight excluding hydrogens is 283 g/mol. The first-order chi connectivity index (χ1) is 8.18. The van der Waals surface area contributed by atoms with Crippen LogP contribution in [-0.4, -0.2) is 5.78 Å². The molecule has 17 heavy (non-hydrogen) atoms. The molecule has 0 N–H and O–H groups in total. The SMILES string of the molecule is O=C(c1ccc(Br)c(F)c1)C1CCCCCC1. The van der Waals surface area contributed by atoms with E-state index in [4.69, 9.17) is 0 Å². The Hall–Kier alpha value is -0.700. The summed E-state index contributed by atoms with van der Waals surface area (Å²) in [7, 11) is 0. The number of hydrogen-bond acceptors (Lipinski definition) is 1. The number of rotatable bonds is 2. The highest BCUT2D eigenvalue weighted by Crippen LogP contribution is 2.27. The van der Waals surface area contributed by atoms with E-state index >= 15 is 0 Å². The van der Waals surface area contributed by atoms with Crippen LogP contribution in [0.2, 0.25) is 0 Å². The molecule has 0 spiro atoms. The fourth-order valence-electron chi connectivity index (χ4n) is 2.43. The van der Waals surface area contributed by atoms with E-state index in [1.165, 1.54) is 18.9 Å². The zero-order valence-electron chi connectivity index (χ0n) is 9.72. The van der Waals surface area contributed by atoms with Crippen molar-refractivity contribution in [2.75, 3.05) is 0 Å². The van der Waals surface area contributed by atoms with E-state index in [-0.39, 0.29) is 17.5 Å². The monoisotopic (exact) mass is 298 g/mol. The third-order valence-corrected chi connectivity index (χ3v) is 4.07. The minimum atomic E-state index is -0.357. The number of halogens is 2. The third-order valence-electron chi connectivity index (χ3n) is 3.43. The van der Waals surface area contributed by atoms with Crippen LogP contribution >= 0.6 is 15.9 Å². The summed E-state index contributed by atoms with van der Waals surface area (Å²) in [5, 5.41) is 0. The molecule has 2 rings (SSSR count). The Bertz CT molecular complexity index is 409. The van der Waals surface area contributed by atoms with Gasteiger partial charge in [0.05, 0.1) is 4.47 Å². The molecule has 3 heteroatoms. The van der Waals surface area contributed by atoms with E-state index in [9.17, 15) is 9.18 Å². The molecule has 1 aliphatic carbocycles. The van der Waals surface area contributed by atoms with Crippen molar-refractivity contribution in [2.45, 2.75) is 38.5 Å². The fraction of sp³-hybridized carbons (Fsp3) is 0.500. The summed E-state index contributed by atoms with van der Waals surface area (Å²) in [5.74, 6) is -0.152. The lowest BCUT2D eigenvalue weighted by Crippen LogP contribution is -2.14. The standard InChI is InChI=1S/C14H16BrFO/c15-12-8-7-11(9-13(12)16)14(17)10-5-3-1-2-4-6-10/h7-10H,1-6H2. The largest absolute Gasteiger partial charge is 0.294 e. The van der Waals surface area contributed by atoms with E-state index in [1.54, 1.807) is 12.1 Å². The van der Waals surface area contributed by atoms with Crippen LogP contribution in [0.3, 0.4) is 0 Å². The van der Waals surface area contributed by atoms with E-state index in [1.807, 2.05) is 0 Å². The Labute approximate surface area is 110 Å². The predicted molar refractivity (Wildman–Crippen MR) is 69.6 cm³/mol. The number of carbonyl (C=O) groups is 1. The Kier molecular flexibility index (Phi) is 4.32. The molecule has 0 aromatic heterocycles. The maximum atomic E-state index is 13.4.